The molecule has 0 bridgehead atoms. The summed E-state index contributed by atoms with van der Waals surface area (Å²) < 4.78 is 32.5. The van der Waals surface area contributed by atoms with Gasteiger partial charge in [0.15, 0.2) is 0 Å². The van der Waals surface area contributed by atoms with Gasteiger partial charge in [-0.15, -0.1) is 0 Å². The van der Waals surface area contributed by atoms with E-state index in [4.69, 9.17) is 4.74 Å². The summed E-state index contributed by atoms with van der Waals surface area (Å²) in [6.07, 6.45) is 1.51. The summed E-state index contributed by atoms with van der Waals surface area (Å²) in [7, 11) is -2.49. The molecule has 0 aliphatic heterocycles. The number of hydrogen-bond donors (Lipinski definition) is 0. The Hall–Kier alpha value is -2.60. The molecule has 25 heavy (non-hydrogen) atoms. The summed E-state index contributed by atoms with van der Waals surface area (Å²) in [6, 6.07) is 10.3. The van der Waals surface area contributed by atoms with E-state index in [-0.39, 0.29) is 0 Å². The molecule has 3 aromatic rings. The van der Waals surface area contributed by atoms with E-state index < -0.39 is 16.0 Å². The Bertz CT molecular complexity index is 1070. The summed E-state index contributed by atoms with van der Waals surface area (Å²) in [4.78, 5) is 12.1. The highest BCUT2D eigenvalue weighted by Crippen LogP contribution is 2.28. The molecule has 0 unspecified atom stereocenters. The van der Waals surface area contributed by atoms with Gasteiger partial charge in [-0.2, -0.15) is 0 Å². The monoisotopic (exact) mass is 357 g/mol. The third-order valence-electron chi connectivity index (χ3n) is 4.20. The lowest BCUT2D eigenvalue weighted by atomic mass is 10.1. The average molecular weight is 357 g/mol. The zero-order valence-corrected chi connectivity index (χ0v) is 15.3. The van der Waals surface area contributed by atoms with Crippen LogP contribution in [0.5, 0.6) is 0 Å². The number of nitrogens with zero attached hydrogens (tertiary/aromatic N) is 1. The van der Waals surface area contributed by atoms with Crippen LogP contribution < -0.4 is 0 Å². The van der Waals surface area contributed by atoms with Crippen LogP contribution in [0.1, 0.15) is 27.0 Å². The molecular formula is C19H19NO4S. The van der Waals surface area contributed by atoms with Gasteiger partial charge in [0.05, 0.1) is 23.1 Å². The zero-order valence-electron chi connectivity index (χ0n) is 14.5. The standard InChI is InChI=1S/C19H19NO4S/c1-12-9-13(2)18(14(3)10-12)25(22,23)20-8-7-15-5-6-16(11-17(15)20)19(21)24-4/h5-11H,1-4H3. The lowest BCUT2D eigenvalue weighted by molar-refractivity contribution is 0.0601. The Kier molecular flexibility index (Phi) is 4.16. The van der Waals surface area contributed by atoms with Gasteiger partial charge in [0.25, 0.3) is 10.0 Å². The molecule has 0 atom stereocenters. The lowest BCUT2D eigenvalue weighted by Gasteiger charge is -2.14. The molecule has 6 heteroatoms. The fraction of sp³-hybridized carbons (Fsp3) is 0.211. The lowest BCUT2D eigenvalue weighted by Crippen LogP contribution is -2.15. The third-order valence-corrected chi connectivity index (χ3v) is 6.20. The third kappa shape index (κ3) is 2.82. The van der Waals surface area contributed by atoms with Gasteiger partial charge in [-0.1, -0.05) is 23.8 Å². The van der Waals surface area contributed by atoms with Crippen LogP contribution in [0.25, 0.3) is 10.9 Å². The fourth-order valence-electron chi connectivity index (χ4n) is 3.23. The molecule has 0 radical (unpaired) electrons. The van der Waals surface area contributed by atoms with Crippen LogP contribution in [0.15, 0.2) is 47.5 Å². The minimum Gasteiger partial charge on any atom is -0.465 e. The van der Waals surface area contributed by atoms with Crippen LogP contribution in [0, 0.1) is 20.8 Å². The highest BCUT2D eigenvalue weighted by Gasteiger charge is 2.24. The predicted octanol–water partition coefficient (Wildman–Crippen LogP) is 3.59. The van der Waals surface area contributed by atoms with Gasteiger partial charge in [0, 0.05) is 11.6 Å². The van der Waals surface area contributed by atoms with Crippen LogP contribution in [-0.4, -0.2) is 25.5 Å². The number of aromatic nitrogens is 1. The molecule has 0 saturated heterocycles. The van der Waals surface area contributed by atoms with E-state index in [0.717, 1.165) is 10.9 Å². The first-order valence-electron chi connectivity index (χ1n) is 7.78. The van der Waals surface area contributed by atoms with Crippen molar-refractivity contribution in [2.45, 2.75) is 25.7 Å². The number of carbonyl (C=O) groups excluding carboxylic acids is 1. The van der Waals surface area contributed by atoms with E-state index in [2.05, 4.69) is 0 Å². The molecule has 1 heterocycles. The minimum atomic E-state index is -3.78. The van der Waals surface area contributed by atoms with Gasteiger partial charge >= 0.3 is 5.97 Å². The van der Waals surface area contributed by atoms with Gasteiger partial charge in [-0.25, -0.2) is 17.2 Å². The number of rotatable bonds is 3. The van der Waals surface area contributed by atoms with E-state index in [1.807, 2.05) is 19.1 Å². The molecule has 0 N–H and O–H groups in total. The largest absolute Gasteiger partial charge is 0.465 e. The Morgan fingerprint density at radius 2 is 1.64 bits per heavy atom. The number of hydrogen-bond acceptors (Lipinski definition) is 4. The topological polar surface area (TPSA) is 65.4 Å². The van der Waals surface area contributed by atoms with Crippen molar-refractivity contribution in [2.75, 3.05) is 7.11 Å². The van der Waals surface area contributed by atoms with Gasteiger partial charge in [-0.3, -0.25) is 0 Å². The van der Waals surface area contributed by atoms with Crippen molar-refractivity contribution in [1.29, 1.82) is 0 Å². The summed E-state index contributed by atoms with van der Waals surface area (Å²) >= 11 is 0. The minimum absolute atomic E-state index is 0.291. The maximum Gasteiger partial charge on any atom is 0.337 e. The smallest absolute Gasteiger partial charge is 0.337 e. The van der Waals surface area contributed by atoms with Gasteiger partial charge in [0.1, 0.15) is 0 Å². The molecule has 0 spiro atoms. The number of ether oxygens (including phenoxy) is 1. The predicted molar refractivity (Wildman–Crippen MR) is 96.5 cm³/mol. The van der Waals surface area contributed by atoms with Crippen LogP contribution in [0.4, 0.5) is 0 Å². The SMILES string of the molecule is COC(=O)c1ccc2ccn(S(=O)(=O)c3c(C)cc(C)cc3C)c2c1. The van der Waals surface area contributed by atoms with E-state index in [1.165, 1.54) is 23.3 Å². The molecule has 1 aromatic heterocycles. The van der Waals surface area contributed by atoms with Crippen molar-refractivity contribution in [3.8, 4) is 0 Å². The maximum atomic E-state index is 13.3. The van der Waals surface area contributed by atoms with E-state index in [1.54, 1.807) is 32.0 Å². The van der Waals surface area contributed by atoms with Crippen molar-refractivity contribution < 1.29 is 17.9 Å². The molecule has 5 nitrogen and oxygen atoms in total. The Balaban J connectivity index is 2.27. The average Bonchev–Trinajstić information content (AvgIpc) is 2.96. The van der Waals surface area contributed by atoms with Gasteiger partial charge < -0.3 is 4.74 Å². The molecule has 0 amide bonds. The molecule has 130 valence electrons. The number of esters is 1. The normalized spacial score (nSPS) is 11.7. The quantitative estimate of drug-likeness (QED) is 0.672. The number of fused-ring (bicyclic) bond motifs is 1. The van der Waals surface area contributed by atoms with Crippen LogP contribution >= 0.6 is 0 Å². The second kappa shape index (κ2) is 6.04. The van der Waals surface area contributed by atoms with Crippen LogP contribution in [0.2, 0.25) is 0 Å². The number of benzene rings is 2. The fourth-order valence-corrected chi connectivity index (χ4v) is 5.00. The first-order valence-corrected chi connectivity index (χ1v) is 9.22. The molecule has 0 saturated carbocycles. The maximum absolute atomic E-state index is 13.3. The second-order valence-electron chi connectivity index (χ2n) is 6.11. The van der Waals surface area contributed by atoms with Crippen molar-refractivity contribution in [2.24, 2.45) is 0 Å². The Labute approximate surface area is 146 Å². The number of methoxy groups -OCH3 is 1. The van der Waals surface area contributed by atoms with Crippen LogP contribution in [0.3, 0.4) is 0 Å². The van der Waals surface area contributed by atoms with Crippen molar-refractivity contribution in [3.63, 3.8) is 0 Å². The summed E-state index contributed by atoms with van der Waals surface area (Å²) in [5.41, 5.74) is 3.16. The molecule has 2 aromatic carbocycles. The van der Waals surface area contributed by atoms with Crippen molar-refractivity contribution >= 4 is 26.9 Å². The van der Waals surface area contributed by atoms with Gasteiger partial charge in [0.2, 0.25) is 0 Å². The number of aryl methyl sites for hydroxylation is 3. The van der Waals surface area contributed by atoms with E-state index in [0.29, 0.717) is 27.1 Å². The Morgan fingerprint density at radius 3 is 2.24 bits per heavy atom. The van der Waals surface area contributed by atoms with Crippen LogP contribution in [-0.2, 0) is 14.8 Å². The number of carbonyl (C=O) groups is 1. The van der Waals surface area contributed by atoms with Gasteiger partial charge in [-0.05, 0) is 50.1 Å². The first kappa shape index (κ1) is 17.2. The second-order valence-corrected chi connectivity index (χ2v) is 7.86. The highest BCUT2D eigenvalue weighted by atomic mass is 32.2. The molecule has 0 fully saturated rings. The molecule has 0 aliphatic carbocycles. The summed E-state index contributed by atoms with van der Waals surface area (Å²) in [5, 5.41) is 0.735. The summed E-state index contributed by atoms with van der Waals surface area (Å²) in [6.45, 7) is 5.51. The molecule has 3 rings (SSSR count). The van der Waals surface area contributed by atoms with E-state index in [9.17, 15) is 13.2 Å². The van der Waals surface area contributed by atoms with E-state index >= 15 is 0 Å². The Morgan fingerprint density at radius 1 is 1.00 bits per heavy atom. The first-order chi connectivity index (χ1) is 11.8. The summed E-state index contributed by atoms with van der Waals surface area (Å²) in [5.74, 6) is -0.505. The molecule has 0 aliphatic rings. The molecular weight excluding hydrogens is 338 g/mol. The van der Waals surface area contributed by atoms with Crippen molar-refractivity contribution in [3.05, 3.63) is 64.8 Å². The zero-order chi connectivity index (χ0) is 18.4. The highest BCUT2D eigenvalue weighted by molar-refractivity contribution is 7.90. The van der Waals surface area contributed by atoms with Crippen molar-refractivity contribution in [1.82, 2.24) is 3.97 Å².